The van der Waals surface area contributed by atoms with Crippen LogP contribution < -0.4 is 0 Å². The molecule has 83 heavy (non-hydrogen) atoms. The molecule has 20 heteroatoms. The van der Waals surface area contributed by atoms with Crippen LogP contribution in [0.2, 0.25) is 0 Å². The van der Waals surface area contributed by atoms with Gasteiger partial charge in [-0.1, -0.05) is 45.3 Å². The van der Waals surface area contributed by atoms with Crippen LogP contribution in [0.1, 0.15) is 112 Å². The Morgan fingerprint density at radius 1 is 0.506 bits per heavy atom. The number of carbonyl (C=O) groups excluding carboxylic acids is 1. The maximum atomic E-state index is 12.8. The molecule has 1 N–H and O–H groups in total. The number of allylic oxidation sites excluding steroid dienone is 1. The number of hydrogen-bond donors (Lipinski definition) is 1. The lowest BCUT2D eigenvalue weighted by Crippen LogP contribution is -2.51. The summed E-state index contributed by atoms with van der Waals surface area (Å²) in [6.45, 7) is 27.8. The van der Waals surface area contributed by atoms with Crippen LogP contribution in [0.3, 0.4) is 0 Å². The maximum absolute atomic E-state index is 12.8. The molecular formula is C63H116O20. The Morgan fingerprint density at radius 3 is 1.23 bits per heavy atom. The molecule has 0 aromatic carbocycles. The average Bonchev–Trinajstić information content (AvgIpc) is 1.94. The average molecular weight is 1190 g/mol. The Kier molecular flexibility index (Phi) is 41.5. The number of ether oxygens (including phenoxy) is 18. The first-order valence-electron chi connectivity index (χ1n) is 31.8. The van der Waals surface area contributed by atoms with Crippen molar-refractivity contribution in [3.63, 3.8) is 0 Å². The molecule has 0 radical (unpaired) electrons. The summed E-state index contributed by atoms with van der Waals surface area (Å²) >= 11 is 0. The molecule has 3 fully saturated rings. The van der Waals surface area contributed by atoms with E-state index >= 15 is 0 Å². The lowest BCUT2D eigenvalue weighted by atomic mass is 9.47. The largest absolute Gasteiger partial charge is 0.462 e. The van der Waals surface area contributed by atoms with Crippen LogP contribution in [0.25, 0.3) is 0 Å². The third-order valence-corrected chi connectivity index (χ3v) is 17.0. The van der Waals surface area contributed by atoms with Gasteiger partial charge in [0.2, 0.25) is 0 Å². The van der Waals surface area contributed by atoms with Gasteiger partial charge in [0, 0.05) is 13.5 Å². The Morgan fingerprint density at radius 2 is 0.867 bits per heavy atom. The summed E-state index contributed by atoms with van der Waals surface area (Å²) in [7, 11) is 1.65. The minimum atomic E-state index is -0.569. The molecular weight excluding hydrogens is 1080 g/mol. The van der Waals surface area contributed by atoms with Gasteiger partial charge in [-0.2, -0.15) is 0 Å². The van der Waals surface area contributed by atoms with E-state index in [1.54, 1.807) is 7.11 Å². The van der Waals surface area contributed by atoms with E-state index in [-0.39, 0.29) is 23.9 Å². The van der Waals surface area contributed by atoms with E-state index in [4.69, 9.17) is 85.3 Å². The van der Waals surface area contributed by atoms with Gasteiger partial charge in [-0.15, -0.1) is 0 Å². The standard InChI is InChI=1S/C63H116O20/c1-53(8-7-16-61(2,3)65)57-11-12-58-56-10-9-54-52-55(13-17-62(54,4)59(56)14-18-63(57,58)5)83-60(64)15-19-67-22-23-69-26-27-71-30-31-73-34-35-75-38-39-77-42-43-79-46-47-81-50-51-82-49-48-80-45-44-78-41-40-76-37-36-74-33-32-72-29-28-70-25-24-68-21-20-66-6/h9,53,55-59,65H,7-8,10-52H2,1-6H3/t53?,55-,56-,57+,58-,59-,62-,63+/m0/s1. The van der Waals surface area contributed by atoms with Gasteiger partial charge in [0.05, 0.1) is 230 Å². The fourth-order valence-electron chi connectivity index (χ4n) is 12.7. The molecule has 3 saturated carbocycles. The molecule has 1 unspecified atom stereocenters. The summed E-state index contributed by atoms with van der Waals surface area (Å²) in [6, 6.07) is 0. The summed E-state index contributed by atoms with van der Waals surface area (Å²) in [4.78, 5) is 12.8. The van der Waals surface area contributed by atoms with Crippen molar-refractivity contribution in [3.8, 4) is 0 Å². The second kappa shape index (κ2) is 46.6. The third kappa shape index (κ3) is 32.5. The zero-order valence-corrected chi connectivity index (χ0v) is 52.6. The van der Waals surface area contributed by atoms with Crippen molar-refractivity contribution in [2.24, 2.45) is 40.4 Å². The van der Waals surface area contributed by atoms with Gasteiger partial charge in [0.1, 0.15) is 6.10 Å². The molecule has 8 atom stereocenters. The maximum Gasteiger partial charge on any atom is 0.308 e. The molecule has 0 amide bonds. The zero-order chi connectivity index (χ0) is 59.4. The van der Waals surface area contributed by atoms with Gasteiger partial charge in [0.15, 0.2) is 0 Å². The topological polar surface area (TPSA) is 203 Å². The van der Waals surface area contributed by atoms with Crippen LogP contribution in [-0.2, 0) is 90.1 Å². The first-order valence-corrected chi connectivity index (χ1v) is 31.8. The molecule has 20 nitrogen and oxygen atoms in total. The van der Waals surface area contributed by atoms with E-state index in [9.17, 15) is 9.90 Å². The van der Waals surface area contributed by atoms with E-state index in [2.05, 4.69) is 26.8 Å². The smallest absolute Gasteiger partial charge is 0.308 e. The predicted molar refractivity (Wildman–Crippen MR) is 314 cm³/mol. The van der Waals surface area contributed by atoms with Gasteiger partial charge in [-0.25, -0.2) is 0 Å². The van der Waals surface area contributed by atoms with Gasteiger partial charge >= 0.3 is 5.97 Å². The first-order chi connectivity index (χ1) is 40.5. The van der Waals surface area contributed by atoms with Gasteiger partial charge in [0.25, 0.3) is 0 Å². The van der Waals surface area contributed by atoms with Crippen LogP contribution in [0.15, 0.2) is 11.6 Å². The number of methoxy groups -OCH3 is 1. The highest BCUT2D eigenvalue weighted by atomic mass is 16.6. The van der Waals surface area contributed by atoms with Crippen LogP contribution in [0.4, 0.5) is 0 Å². The molecule has 0 aromatic rings. The second-order valence-corrected chi connectivity index (χ2v) is 23.6. The summed E-state index contributed by atoms with van der Waals surface area (Å²) in [5.74, 6) is 3.63. The zero-order valence-electron chi connectivity index (χ0n) is 52.6. The molecule has 4 rings (SSSR count). The van der Waals surface area contributed by atoms with Gasteiger partial charge in [-0.3, -0.25) is 4.79 Å². The molecule has 0 spiro atoms. The molecule has 4 aliphatic carbocycles. The number of esters is 1. The monoisotopic (exact) mass is 1190 g/mol. The van der Waals surface area contributed by atoms with Crippen molar-refractivity contribution in [2.45, 2.75) is 123 Å². The number of hydrogen-bond acceptors (Lipinski definition) is 20. The highest BCUT2D eigenvalue weighted by Gasteiger charge is 2.59. The Bertz CT molecular complexity index is 1590. The number of rotatable bonds is 57. The van der Waals surface area contributed by atoms with Gasteiger partial charge in [-0.05, 0) is 106 Å². The van der Waals surface area contributed by atoms with E-state index in [1.807, 2.05) is 13.8 Å². The summed E-state index contributed by atoms with van der Waals surface area (Å²) in [5, 5.41) is 10.3. The molecule has 488 valence electrons. The van der Waals surface area contributed by atoms with Crippen molar-refractivity contribution < 1.29 is 95.2 Å². The van der Waals surface area contributed by atoms with Crippen LogP contribution in [0, 0.1) is 40.4 Å². The highest BCUT2D eigenvalue weighted by molar-refractivity contribution is 5.69. The summed E-state index contributed by atoms with van der Waals surface area (Å²) in [5.41, 5.74) is 1.62. The minimum Gasteiger partial charge on any atom is -0.462 e. The van der Waals surface area contributed by atoms with Crippen molar-refractivity contribution in [2.75, 3.05) is 225 Å². The first kappa shape index (κ1) is 74.0. The van der Waals surface area contributed by atoms with Crippen molar-refractivity contribution >= 4 is 5.97 Å². The summed E-state index contributed by atoms with van der Waals surface area (Å²) in [6.07, 6.45) is 15.5. The van der Waals surface area contributed by atoms with E-state index in [1.165, 1.54) is 44.1 Å². The summed E-state index contributed by atoms with van der Waals surface area (Å²) < 4.78 is 99.4. The molecule has 0 aromatic heterocycles. The van der Waals surface area contributed by atoms with E-state index < -0.39 is 5.60 Å². The number of carbonyl (C=O) groups is 1. The van der Waals surface area contributed by atoms with E-state index in [0.717, 1.165) is 55.8 Å². The predicted octanol–water partition coefficient (Wildman–Crippen LogP) is 7.36. The Labute approximate surface area is 500 Å². The molecule has 4 aliphatic rings. The third-order valence-electron chi connectivity index (χ3n) is 17.0. The number of fused-ring (bicyclic) bond motifs is 5. The minimum absolute atomic E-state index is 0.0389. The quantitative estimate of drug-likeness (QED) is 0.0359. The normalized spacial score (nSPS) is 23.7. The Hall–Kier alpha value is -1.51. The van der Waals surface area contributed by atoms with E-state index in [0.29, 0.717) is 229 Å². The van der Waals surface area contributed by atoms with Crippen molar-refractivity contribution in [1.82, 2.24) is 0 Å². The van der Waals surface area contributed by atoms with Gasteiger partial charge < -0.3 is 90.4 Å². The molecule has 0 heterocycles. The Balaban J connectivity index is 0.792. The van der Waals surface area contributed by atoms with Crippen LogP contribution in [0.5, 0.6) is 0 Å². The fourth-order valence-corrected chi connectivity index (χ4v) is 12.7. The lowest BCUT2D eigenvalue weighted by Gasteiger charge is -2.58. The van der Waals surface area contributed by atoms with Crippen molar-refractivity contribution in [3.05, 3.63) is 11.6 Å². The molecule has 0 saturated heterocycles. The molecule has 0 bridgehead atoms. The van der Waals surface area contributed by atoms with Crippen LogP contribution >= 0.6 is 0 Å². The number of aliphatic hydroxyl groups is 1. The second-order valence-electron chi connectivity index (χ2n) is 23.6. The SMILES string of the molecule is COCCOCCOCCOCCOCCOCCOCCOCCOCCOCCOCCOCCOCCOCCOCCOCCOCCC(=O)O[C@H]1CC[C@@]2(C)C(=CC[C@H]3[C@@H]4CC[C@H](C(C)CCCC(C)(C)O)[C@@]4(C)CC[C@@H]32)C1. The highest BCUT2D eigenvalue weighted by Crippen LogP contribution is 2.67. The lowest BCUT2D eigenvalue weighted by molar-refractivity contribution is -0.152. The van der Waals surface area contributed by atoms with Crippen molar-refractivity contribution in [1.29, 1.82) is 0 Å². The fraction of sp³-hybridized carbons (Fsp3) is 0.952. The molecule has 0 aliphatic heterocycles. The van der Waals surface area contributed by atoms with Crippen LogP contribution in [-0.4, -0.2) is 248 Å².